The number of nitrogens with two attached hydrogens (primary N) is 1. The number of aromatic nitrogens is 1. The van der Waals surface area contributed by atoms with Crippen LogP contribution < -0.4 is 10.5 Å². The molecule has 6 nitrogen and oxygen atoms in total. The van der Waals surface area contributed by atoms with Crippen LogP contribution in [0.5, 0.6) is 5.75 Å². The number of alkyl halides is 3. The van der Waals surface area contributed by atoms with Crippen LogP contribution in [0, 0.1) is 17.0 Å². The maximum absolute atomic E-state index is 12.0. The van der Waals surface area contributed by atoms with Crippen molar-refractivity contribution in [1.82, 2.24) is 4.98 Å². The van der Waals surface area contributed by atoms with Crippen LogP contribution in [-0.4, -0.2) is 16.3 Å². The minimum atomic E-state index is -5.02. The fourth-order valence-corrected chi connectivity index (χ4v) is 1.26. The monoisotopic (exact) mass is 251 g/mol. The van der Waals surface area contributed by atoms with E-state index in [1.165, 1.54) is 6.92 Å². The molecule has 0 atom stereocenters. The van der Waals surface area contributed by atoms with Crippen LogP contribution in [0.25, 0.3) is 0 Å². The van der Waals surface area contributed by atoms with Gasteiger partial charge in [-0.2, -0.15) is 0 Å². The zero-order valence-corrected chi connectivity index (χ0v) is 8.61. The van der Waals surface area contributed by atoms with Crippen LogP contribution in [0.3, 0.4) is 0 Å². The lowest BCUT2D eigenvalue weighted by atomic mass is 10.1. The van der Waals surface area contributed by atoms with Gasteiger partial charge in [0.1, 0.15) is 0 Å². The number of aryl methyl sites for hydroxylation is 1. The smallest absolute Gasteiger partial charge is 0.397 e. The van der Waals surface area contributed by atoms with E-state index in [0.717, 1.165) is 0 Å². The first-order valence-corrected chi connectivity index (χ1v) is 4.35. The standard InChI is InChI=1S/C8H8F3N3O3/c1-4-5(2-12)7(14(15)16)6(3-13-4)17-8(9,10)11/h3H,2,12H2,1H3. The summed E-state index contributed by atoms with van der Waals surface area (Å²) in [5.41, 5.74) is 4.53. The summed E-state index contributed by atoms with van der Waals surface area (Å²) in [5.74, 6) is -0.964. The van der Waals surface area contributed by atoms with E-state index in [-0.39, 0.29) is 17.8 Å². The molecule has 0 fully saturated rings. The predicted molar refractivity (Wildman–Crippen MR) is 50.2 cm³/mol. The van der Waals surface area contributed by atoms with Gasteiger partial charge in [-0.15, -0.1) is 13.2 Å². The highest BCUT2D eigenvalue weighted by atomic mass is 19.4. The number of nitro groups is 1. The Hall–Kier alpha value is -1.90. The summed E-state index contributed by atoms with van der Waals surface area (Å²) in [7, 11) is 0. The molecule has 0 aromatic carbocycles. The Morgan fingerprint density at radius 3 is 2.59 bits per heavy atom. The fraction of sp³-hybridized carbons (Fsp3) is 0.375. The number of halogens is 3. The van der Waals surface area contributed by atoms with Crippen LogP contribution in [0.15, 0.2) is 6.20 Å². The van der Waals surface area contributed by atoms with Gasteiger partial charge in [0.25, 0.3) is 0 Å². The van der Waals surface area contributed by atoms with Crippen molar-refractivity contribution in [3.05, 3.63) is 27.6 Å². The van der Waals surface area contributed by atoms with Crippen molar-refractivity contribution >= 4 is 5.69 Å². The van der Waals surface area contributed by atoms with Crippen LogP contribution in [0.1, 0.15) is 11.3 Å². The first kappa shape index (κ1) is 13.2. The van der Waals surface area contributed by atoms with Crippen LogP contribution in [0.4, 0.5) is 18.9 Å². The van der Waals surface area contributed by atoms with Gasteiger partial charge in [-0.25, -0.2) is 0 Å². The van der Waals surface area contributed by atoms with E-state index in [2.05, 4.69) is 9.72 Å². The molecule has 0 amide bonds. The maximum Gasteiger partial charge on any atom is 0.573 e. The second kappa shape index (κ2) is 4.53. The molecular formula is C8H8F3N3O3. The van der Waals surface area contributed by atoms with E-state index in [4.69, 9.17) is 5.73 Å². The van der Waals surface area contributed by atoms with Gasteiger partial charge in [-0.05, 0) is 6.92 Å². The summed E-state index contributed by atoms with van der Waals surface area (Å²) >= 11 is 0. The van der Waals surface area contributed by atoms with Gasteiger partial charge >= 0.3 is 12.0 Å². The second-order valence-corrected chi connectivity index (χ2v) is 3.04. The normalized spacial score (nSPS) is 11.4. The summed E-state index contributed by atoms with van der Waals surface area (Å²) in [4.78, 5) is 13.3. The van der Waals surface area contributed by atoms with E-state index < -0.39 is 22.7 Å². The zero-order valence-electron chi connectivity index (χ0n) is 8.61. The second-order valence-electron chi connectivity index (χ2n) is 3.04. The molecule has 0 saturated carbocycles. The minimum Gasteiger partial charge on any atom is -0.397 e. The molecule has 2 N–H and O–H groups in total. The third-order valence-electron chi connectivity index (χ3n) is 1.94. The van der Waals surface area contributed by atoms with Crippen molar-refractivity contribution in [1.29, 1.82) is 0 Å². The number of hydrogen-bond acceptors (Lipinski definition) is 5. The molecule has 0 spiro atoms. The highest BCUT2D eigenvalue weighted by Crippen LogP contribution is 2.34. The number of ether oxygens (including phenoxy) is 1. The van der Waals surface area contributed by atoms with Gasteiger partial charge < -0.3 is 10.5 Å². The summed E-state index contributed by atoms with van der Waals surface area (Å²) in [6, 6.07) is 0. The van der Waals surface area contributed by atoms with Crippen LogP contribution >= 0.6 is 0 Å². The van der Waals surface area contributed by atoms with Crippen molar-refractivity contribution in [3.63, 3.8) is 0 Å². The van der Waals surface area contributed by atoms with E-state index in [9.17, 15) is 23.3 Å². The van der Waals surface area contributed by atoms with Gasteiger partial charge in [0, 0.05) is 12.2 Å². The lowest BCUT2D eigenvalue weighted by Crippen LogP contribution is -2.19. The van der Waals surface area contributed by atoms with Crippen molar-refractivity contribution < 1.29 is 22.8 Å². The molecule has 0 aliphatic rings. The predicted octanol–water partition coefficient (Wildman–Crippen LogP) is 1.66. The lowest BCUT2D eigenvalue weighted by molar-refractivity contribution is -0.389. The number of nitrogens with zero attached hydrogens (tertiary/aromatic N) is 2. The molecule has 0 aliphatic heterocycles. The molecule has 1 aromatic rings. The minimum absolute atomic E-state index is 0.0863. The molecule has 0 radical (unpaired) electrons. The van der Waals surface area contributed by atoms with Crippen LogP contribution in [0.2, 0.25) is 0 Å². The number of pyridine rings is 1. The van der Waals surface area contributed by atoms with Gasteiger partial charge in [0.15, 0.2) is 0 Å². The van der Waals surface area contributed by atoms with Gasteiger partial charge in [0.2, 0.25) is 5.75 Å². The van der Waals surface area contributed by atoms with Crippen molar-refractivity contribution in [2.75, 3.05) is 0 Å². The molecule has 0 bridgehead atoms. The molecule has 1 aromatic heterocycles. The summed E-state index contributed by atoms with van der Waals surface area (Å²) in [6.45, 7) is 1.11. The highest BCUT2D eigenvalue weighted by molar-refractivity contribution is 5.53. The Balaban J connectivity index is 3.36. The molecule has 9 heteroatoms. The van der Waals surface area contributed by atoms with Crippen molar-refractivity contribution in [2.24, 2.45) is 5.73 Å². The Kier molecular flexibility index (Phi) is 3.51. The SMILES string of the molecule is Cc1ncc(OC(F)(F)F)c([N+](=O)[O-])c1CN. The molecule has 0 aliphatic carbocycles. The van der Waals surface area contributed by atoms with Gasteiger partial charge in [0.05, 0.1) is 16.7 Å². The van der Waals surface area contributed by atoms with Gasteiger partial charge in [-0.1, -0.05) is 0 Å². The Morgan fingerprint density at radius 1 is 1.59 bits per heavy atom. The largest absolute Gasteiger partial charge is 0.573 e. The van der Waals surface area contributed by atoms with E-state index in [0.29, 0.717) is 6.20 Å². The first-order chi connectivity index (χ1) is 7.76. The van der Waals surface area contributed by atoms with E-state index >= 15 is 0 Å². The lowest BCUT2D eigenvalue weighted by Gasteiger charge is -2.11. The molecular weight excluding hydrogens is 243 g/mol. The third-order valence-corrected chi connectivity index (χ3v) is 1.94. The summed E-state index contributed by atoms with van der Waals surface area (Å²) < 4.78 is 39.6. The zero-order chi connectivity index (χ0) is 13.2. The Bertz CT molecular complexity index is 448. The molecule has 0 saturated heterocycles. The average Bonchev–Trinajstić information content (AvgIpc) is 2.17. The fourth-order valence-electron chi connectivity index (χ4n) is 1.26. The Labute approximate surface area is 93.3 Å². The number of rotatable bonds is 3. The number of hydrogen-bond donors (Lipinski definition) is 1. The first-order valence-electron chi connectivity index (χ1n) is 4.35. The Morgan fingerprint density at radius 2 is 2.18 bits per heavy atom. The topological polar surface area (TPSA) is 91.3 Å². The van der Waals surface area contributed by atoms with E-state index in [1.54, 1.807) is 0 Å². The summed E-state index contributed by atoms with van der Waals surface area (Å²) in [6.07, 6.45) is -4.37. The quantitative estimate of drug-likeness (QED) is 0.651. The molecule has 17 heavy (non-hydrogen) atoms. The summed E-state index contributed by atoms with van der Waals surface area (Å²) in [5, 5.41) is 10.7. The molecule has 0 unspecified atom stereocenters. The highest BCUT2D eigenvalue weighted by Gasteiger charge is 2.36. The molecule has 1 heterocycles. The maximum atomic E-state index is 12.0. The van der Waals surface area contributed by atoms with Crippen molar-refractivity contribution in [2.45, 2.75) is 19.8 Å². The average molecular weight is 251 g/mol. The van der Waals surface area contributed by atoms with Crippen molar-refractivity contribution in [3.8, 4) is 5.75 Å². The molecule has 94 valence electrons. The van der Waals surface area contributed by atoms with Crippen LogP contribution in [-0.2, 0) is 6.54 Å². The van der Waals surface area contributed by atoms with E-state index in [1.807, 2.05) is 0 Å². The third kappa shape index (κ3) is 3.03. The molecule has 1 rings (SSSR count). The van der Waals surface area contributed by atoms with Gasteiger partial charge in [-0.3, -0.25) is 15.1 Å².